The van der Waals surface area contributed by atoms with Gasteiger partial charge in [-0.15, -0.1) is 0 Å². The van der Waals surface area contributed by atoms with Gasteiger partial charge in [0.15, 0.2) is 5.78 Å². The minimum absolute atomic E-state index is 0.0981. The van der Waals surface area contributed by atoms with Gasteiger partial charge < -0.3 is 0 Å². The molecule has 1 atom stereocenters. The molecule has 0 aromatic heterocycles. The maximum atomic E-state index is 12.5. The highest BCUT2D eigenvalue weighted by Crippen LogP contribution is 2.32. The molecule has 1 fully saturated rings. The molecule has 0 N–H and O–H groups in total. The van der Waals surface area contributed by atoms with E-state index in [-0.39, 0.29) is 11.7 Å². The summed E-state index contributed by atoms with van der Waals surface area (Å²) in [5.41, 5.74) is 1.66. The SMILES string of the molecule is C=C1C(=O)N(c2ccccc2)C1C(=O)c1ccccc1. The third kappa shape index (κ3) is 1.84. The Labute approximate surface area is 117 Å². The van der Waals surface area contributed by atoms with Gasteiger partial charge in [0.2, 0.25) is 0 Å². The normalized spacial score (nSPS) is 17.8. The highest BCUT2D eigenvalue weighted by molar-refractivity contribution is 6.25. The van der Waals surface area contributed by atoms with Gasteiger partial charge in [-0.05, 0) is 12.1 Å². The van der Waals surface area contributed by atoms with Gasteiger partial charge in [0.1, 0.15) is 6.04 Å². The van der Waals surface area contributed by atoms with Crippen LogP contribution in [0.2, 0.25) is 0 Å². The summed E-state index contributed by atoms with van der Waals surface area (Å²) < 4.78 is 0. The van der Waals surface area contributed by atoms with Crippen molar-refractivity contribution in [3.8, 4) is 0 Å². The van der Waals surface area contributed by atoms with Gasteiger partial charge in [-0.25, -0.2) is 0 Å². The van der Waals surface area contributed by atoms with E-state index in [1.807, 2.05) is 48.5 Å². The first-order valence-corrected chi connectivity index (χ1v) is 6.37. The Hall–Kier alpha value is -2.68. The molecule has 1 aliphatic rings. The second kappa shape index (κ2) is 4.78. The molecule has 2 aromatic rings. The van der Waals surface area contributed by atoms with Crippen molar-refractivity contribution in [1.29, 1.82) is 0 Å². The number of ketones is 1. The van der Waals surface area contributed by atoms with E-state index in [9.17, 15) is 9.59 Å². The molecule has 2 aromatic carbocycles. The summed E-state index contributed by atoms with van der Waals surface area (Å²) in [6, 6.07) is 17.6. The number of hydrogen-bond donors (Lipinski definition) is 0. The summed E-state index contributed by atoms with van der Waals surface area (Å²) in [5.74, 6) is -0.287. The molecular formula is C17H13NO2. The van der Waals surface area contributed by atoms with Crippen molar-refractivity contribution in [1.82, 2.24) is 0 Å². The summed E-state index contributed by atoms with van der Waals surface area (Å²) in [6.45, 7) is 3.73. The van der Waals surface area contributed by atoms with E-state index in [2.05, 4.69) is 6.58 Å². The van der Waals surface area contributed by atoms with Crippen LogP contribution in [0.5, 0.6) is 0 Å². The molecule has 1 aliphatic heterocycles. The Balaban J connectivity index is 1.94. The van der Waals surface area contributed by atoms with Crippen LogP contribution in [0.1, 0.15) is 10.4 Å². The third-order valence-corrected chi connectivity index (χ3v) is 3.42. The van der Waals surface area contributed by atoms with Crippen molar-refractivity contribution in [3.63, 3.8) is 0 Å². The van der Waals surface area contributed by atoms with Crippen molar-refractivity contribution < 1.29 is 9.59 Å². The average Bonchev–Trinajstić information content (AvgIpc) is 2.52. The van der Waals surface area contributed by atoms with Crippen molar-refractivity contribution in [2.75, 3.05) is 4.90 Å². The van der Waals surface area contributed by atoms with Crippen molar-refractivity contribution >= 4 is 17.4 Å². The third-order valence-electron chi connectivity index (χ3n) is 3.42. The molecule has 0 radical (unpaired) electrons. The van der Waals surface area contributed by atoms with E-state index in [0.29, 0.717) is 11.1 Å². The zero-order valence-corrected chi connectivity index (χ0v) is 10.8. The Bertz CT molecular complexity index is 677. The molecule has 0 saturated carbocycles. The molecule has 0 aliphatic carbocycles. The van der Waals surface area contributed by atoms with Gasteiger partial charge in [-0.1, -0.05) is 55.1 Å². The van der Waals surface area contributed by atoms with Crippen LogP contribution in [-0.2, 0) is 4.79 Å². The fourth-order valence-corrected chi connectivity index (χ4v) is 2.37. The lowest BCUT2D eigenvalue weighted by Crippen LogP contribution is -2.59. The number of para-hydroxylation sites is 1. The Morgan fingerprint density at radius 3 is 2.10 bits per heavy atom. The first kappa shape index (κ1) is 12.4. The topological polar surface area (TPSA) is 37.4 Å². The first-order valence-electron chi connectivity index (χ1n) is 6.37. The van der Waals surface area contributed by atoms with Crippen LogP contribution in [0.3, 0.4) is 0 Å². The molecule has 98 valence electrons. The zero-order chi connectivity index (χ0) is 14.1. The van der Waals surface area contributed by atoms with Gasteiger partial charge >= 0.3 is 0 Å². The number of anilines is 1. The molecule has 3 heteroatoms. The Kier molecular flexibility index (Phi) is 2.95. The summed E-state index contributed by atoms with van der Waals surface area (Å²) >= 11 is 0. The monoisotopic (exact) mass is 263 g/mol. The number of Topliss-reactive ketones (excluding diaryl/α,β-unsaturated/α-hetero) is 1. The minimum atomic E-state index is -0.590. The summed E-state index contributed by atoms with van der Waals surface area (Å²) in [5, 5.41) is 0. The highest BCUT2D eigenvalue weighted by Gasteiger charge is 2.46. The Morgan fingerprint density at radius 1 is 0.950 bits per heavy atom. The first-order chi connectivity index (χ1) is 9.70. The summed E-state index contributed by atoms with van der Waals surface area (Å²) in [7, 11) is 0. The molecule has 3 rings (SSSR count). The molecule has 20 heavy (non-hydrogen) atoms. The second-order valence-electron chi connectivity index (χ2n) is 4.67. The van der Waals surface area contributed by atoms with Gasteiger partial charge in [-0.3, -0.25) is 14.5 Å². The predicted octanol–water partition coefficient (Wildman–Crippen LogP) is 2.84. The lowest BCUT2D eigenvalue weighted by atomic mass is 9.88. The molecule has 0 spiro atoms. The Morgan fingerprint density at radius 2 is 1.50 bits per heavy atom. The standard InChI is InChI=1S/C17H13NO2/c1-12-15(16(19)13-8-4-2-5-9-13)18(17(12)20)14-10-6-3-7-11-14/h2-11,15H,1H2. The number of amides is 1. The maximum Gasteiger partial charge on any atom is 0.257 e. The van der Waals surface area contributed by atoms with E-state index < -0.39 is 6.04 Å². The molecular weight excluding hydrogens is 250 g/mol. The van der Waals surface area contributed by atoms with Crippen LogP contribution in [-0.4, -0.2) is 17.7 Å². The van der Waals surface area contributed by atoms with E-state index in [4.69, 9.17) is 0 Å². The van der Waals surface area contributed by atoms with Crippen LogP contribution >= 0.6 is 0 Å². The van der Waals surface area contributed by atoms with Crippen LogP contribution in [0.4, 0.5) is 5.69 Å². The average molecular weight is 263 g/mol. The molecule has 1 amide bonds. The molecule has 1 saturated heterocycles. The summed E-state index contributed by atoms with van der Waals surface area (Å²) in [4.78, 5) is 26.0. The van der Waals surface area contributed by atoms with Gasteiger partial charge in [0.25, 0.3) is 5.91 Å². The number of benzene rings is 2. The predicted molar refractivity (Wildman–Crippen MR) is 77.6 cm³/mol. The van der Waals surface area contributed by atoms with Crippen molar-refractivity contribution in [2.24, 2.45) is 0 Å². The smallest absolute Gasteiger partial charge is 0.257 e. The zero-order valence-electron chi connectivity index (χ0n) is 10.8. The number of carbonyl (C=O) groups is 2. The van der Waals surface area contributed by atoms with E-state index >= 15 is 0 Å². The highest BCUT2D eigenvalue weighted by atomic mass is 16.2. The summed E-state index contributed by atoms with van der Waals surface area (Å²) in [6.07, 6.45) is 0. The molecule has 1 unspecified atom stereocenters. The van der Waals surface area contributed by atoms with E-state index in [0.717, 1.165) is 5.69 Å². The number of hydrogen-bond acceptors (Lipinski definition) is 2. The van der Waals surface area contributed by atoms with E-state index in [1.54, 1.807) is 12.1 Å². The largest absolute Gasteiger partial charge is 0.293 e. The van der Waals surface area contributed by atoms with Crippen LogP contribution in [0.25, 0.3) is 0 Å². The van der Waals surface area contributed by atoms with Crippen LogP contribution in [0.15, 0.2) is 72.8 Å². The number of nitrogens with zero attached hydrogens (tertiary/aromatic N) is 1. The fraction of sp³-hybridized carbons (Fsp3) is 0.0588. The molecule has 1 heterocycles. The lowest BCUT2D eigenvalue weighted by molar-refractivity contribution is -0.118. The van der Waals surface area contributed by atoms with Crippen LogP contribution < -0.4 is 4.90 Å². The number of β-lactam (4-membered cyclic amide) rings is 1. The maximum absolute atomic E-state index is 12.5. The van der Waals surface area contributed by atoms with Crippen LogP contribution in [0, 0.1) is 0 Å². The van der Waals surface area contributed by atoms with Gasteiger partial charge in [0.05, 0.1) is 0 Å². The van der Waals surface area contributed by atoms with E-state index in [1.165, 1.54) is 4.90 Å². The fourth-order valence-electron chi connectivity index (χ4n) is 2.37. The second-order valence-corrected chi connectivity index (χ2v) is 4.67. The minimum Gasteiger partial charge on any atom is -0.293 e. The molecule has 3 nitrogen and oxygen atoms in total. The quantitative estimate of drug-likeness (QED) is 0.485. The number of carbonyl (C=O) groups excluding carboxylic acids is 2. The van der Waals surface area contributed by atoms with Gasteiger partial charge in [-0.2, -0.15) is 0 Å². The van der Waals surface area contributed by atoms with Gasteiger partial charge in [0, 0.05) is 16.8 Å². The molecule has 0 bridgehead atoms. The van der Waals surface area contributed by atoms with Crippen molar-refractivity contribution in [3.05, 3.63) is 78.4 Å². The number of rotatable bonds is 3. The lowest BCUT2D eigenvalue weighted by Gasteiger charge is -2.41. The van der Waals surface area contributed by atoms with Crippen molar-refractivity contribution in [2.45, 2.75) is 6.04 Å².